The maximum absolute atomic E-state index is 13.1. The highest BCUT2D eigenvalue weighted by molar-refractivity contribution is 6.06. The molecule has 0 saturated carbocycles. The first kappa shape index (κ1) is 22.1. The van der Waals surface area contributed by atoms with Crippen molar-refractivity contribution in [2.45, 2.75) is 13.3 Å². The number of hydrogen-bond donors (Lipinski definition) is 3. The summed E-state index contributed by atoms with van der Waals surface area (Å²) in [6, 6.07) is 12.8. The Kier molecular flexibility index (Phi) is 7.83. The number of amides is 1. The van der Waals surface area contributed by atoms with Crippen molar-refractivity contribution in [1.29, 1.82) is 0 Å². The van der Waals surface area contributed by atoms with Gasteiger partial charge < -0.3 is 15.4 Å². The highest BCUT2D eigenvalue weighted by Crippen LogP contribution is 2.20. The smallest absolute Gasteiger partial charge is 0.280 e. The summed E-state index contributed by atoms with van der Waals surface area (Å²) in [5.41, 5.74) is 1.59. The lowest BCUT2D eigenvalue weighted by Crippen LogP contribution is -2.33. The molecule has 31 heavy (non-hydrogen) atoms. The van der Waals surface area contributed by atoms with E-state index >= 15 is 0 Å². The van der Waals surface area contributed by atoms with Crippen LogP contribution in [0.4, 0.5) is 14.6 Å². The topological polar surface area (TPSA) is 91.4 Å². The summed E-state index contributed by atoms with van der Waals surface area (Å²) in [7, 11) is 0. The molecule has 0 aliphatic heterocycles. The number of ether oxygens (including phenoxy) is 1. The first-order valence-electron chi connectivity index (χ1n) is 9.83. The zero-order chi connectivity index (χ0) is 22.1. The molecule has 1 heterocycles. The molecule has 3 aromatic rings. The Labute approximate surface area is 178 Å². The number of rotatable bonds is 8. The standard InChI is InChI=1S/C22H23F2N5O2/c1-2-31-13-3-12-25-22(27-21(30)16-6-10-18(24)11-7-16)26-20-14-19(28-29-20)15-4-8-17(23)9-5-15/h4-11,14H,2-3,12-13H2,1H3,(H3,25,26,27,28,29,30). The molecular formula is C22H23F2N5O2. The number of nitrogens with one attached hydrogen (secondary N) is 3. The summed E-state index contributed by atoms with van der Waals surface area (Å²) in [6.07, 6.45) is 0.711. The molecule has 0 saturated heterocycles. The van der Waals surface area contributed by atoms with Crippen molar-refractivity contribution in [1.82, 2.24) is 15.5 Å². The van der Waals surface area contributed by atoms with Crippen LogP contribution in [0.15, 0.2) is 59.6 Å². The lowest BCUT2D eigenvalue weighted by molar-refractivity contribution is 0.100. The van der Waals surface area contributed by atoms with Gasteiger partial charge in [-0.2, -0.15) is 10.1 Å². The van der Waals surface area contributed by atoms with E-state index in [1.807, 2.05) is 6.92 Å². The van der Waals surface area contributed by atoms with Crippen LogP contribution in [0.2, 0.25) is 0 Å². The quantitative estimate of drug-likeness (QED) is 0.287. The molecule has 0 spiro atoms. The van der Waals surface area contributed by atoms with Crippen LogP contribution in [0.1, 0.15) is 23.7 Å². The van der Waals surface area contributed by atoms with Crippen molar-refractivity contribution in [2.24, 2.45) is 4.99 Å². The SMILES string of the molecule is CCOCCCN/C(=N/C(=O)c1ccc(F)cc1)Nc1cc(-c2ccc(F)cc2)n[nH]1. The Morgan fingerprint density at radius 3 is 2.45 bits per heavy atom. The fourth-order valence-corrected chi connectivity index (χ4v) is 2.68. The van der Waals surface area contributed by atoms with Gasteiger partial charge in [-0.25, -0.2) is 8.78 Å². The summed E-state index contributed by atoms with van der Waals surface area (Å²) in [5.74, 6) is -0.596. The minimum Gasteiger partial charge on any atom is -0.382 e. The second kappa shape index (κ2) is 11.0. The number of hydrogen-bond acceptors (Lipinski definition) is 3. The number of carbonyl (C=O) groups excluding carboxylic acids is 1. The summed E-state index contributed by atoms with van der Waals surface area (Å²) in [4.78, 5) is 16.6. The molecule has 1 amide bonds. The van der Waals surface area contributed by atoms with Gasteiger partial charge in [0.2, 0.25) is 5.96 Å². The molecule has 7 nitrogen and oxygen atoms in total. The highest BCUT2D eigenvalue weighted by atomic mass is 19.1. The molecular weight excluding hydrogens is 404 g/mol. The van der Waals surface area contributed by atoms with E-state index in [-0.39, 0.29) is 17.3 Å². The van der Waals surface area contributed by atoms with E-state index < -0.39 is 11.7 Å². The summed E-state index contributed by atoms with van der Waals surface area (Å²) in [6.45, 7) is 3.63. The largest absolute Gasteiger partial charge is 0.382 e. The predicted octanol–water partition coefficient (Wildman–Crippen LogP) is 3.98. The third-order valence-corrected chi connectivity index (χ3v) is 4.24. The van der Waals surface area contributed by atoms with E-state index in [9.17, 15) is 13.6 Å². The van der Waals surface area contributed by atoms with Crippen molar-refractivity contribution < 1.29 is 18.3 Å². The average Bonchev–Trinajstić information content (AvgIpc) is 3.23. The third-order valence-electron chi connectivity index (χ3n) is 4.24. The van der Waals surface area contributed by atoms with E-state index in [2.05, 4.69) is 25.8 Å². The first-order valence-corrected chi connectivity index (χ1v) is 9.83. The van der Waals surface area contributed by atoms with Crippen LogP contribution in [0.5, 0.6) is 0 Å². The number of carbonyl (C=O) groups is 1. The van der Waals surface area contributed by atoms with Gasteiger partial charge in [0.15, 0.2) is 0 Å². The monoisotopic (exact) mass is 427 g/mol. The molecule has 2 aromatic carbocycles. The van der Waals surface area contributed by atoms with E-state index in [1.54, 1.807) is 18.2 Å². The Bertz CT molecular complexity index is 1020. The summed E-state index contributed by atoms with van der Waals surface area (Å²) >= 11 is 0. The maximum atomic E-state index is 13.1. The van der Waals surface area contributed by atoms with E-state index in [4.69, 9.17) is 4.74 Å². The number of aromatic nitrogens is 2. The van der Waals surface area contributed by atoms with Crippen LogP contribution in [-0.4, -0.2) is 41.8 Å². The van der Waals surface area contributed by atoms with Crippen molar-refractivity contribution in [2.75, 3.05) is 25.1 Å². The molecule has 0 atom stereocenters. The zero-order valence-corrected chi connectivity index (χ0v) is 17.0. The van der Waals surface area contributed by atoms with Gasteiger partial charge in [0.1, 0.15) is 17.5 Å². The number of anilines is 1. The number of guanidine groups is 1. The molecule has 3 N–H and O–H groups in total. The molecule has 0 radical (unpaired) electrons. The molecule has 1 aromatic heterocycles. The fraction of sp³-hybridized carbons (Fsp3) is 0.227. The second-order valence-electron chi connectivity index (χ2n) is 6.55. The van der Waals surface area contributed by atoms with Gasteiger partial charge in [-0.3, -0.25) is 9.89 Å². The lowest BCUT2D eigenvalue weighted by Gasteiger charge is -2.11. The van der Waals surface area contributed by atoms with Crippen molar-refractivity contribution in [3.8, 4) is 11.3 Å². The molecule has 0 aliphatic carbocycles. The van der Waals surface area contributed by atoms with E-state index in [1.165, 1.54) is 36.4 Å². The lowest BCUT2D eigenvalue weighted by atomic mass is 10.1. The van der Waals surface area contributed by atoms with E-state index in [0.717, 1.165) is 5.56 Å². The van der Waals surface area contributed by atoms with Gasteiger partial charge in [0, 0.05) is 37.0 Å². The number of aromatic amines is 1. The second-order valence-corrected chi connectivity index (χ2v) is 6.55. The summed E-state index contributed by atoms with van der Waals surface area (Å²) in [5, 5.41) is 13.1. The molecule has 0 fully saturated rings. The molecule has 0 bridgehead atoms. The molecule has 9 heteroatoms. The minimum absolute atomic E-state index is 0.208. The van der Waals surface area contributed by atoms with Gasteiger partial charge in [-0.15, -0.1) is 0 Å². The summed E-state index contributed by atoms with van der Waals surface area (Å²) < 4.78 is 31.6. The maximum Gasteiger partial charge on any atom is 0.280 e. The van der Waals surface area contributed by atoms with Crippen LogP contribution in [0, 0.1) is 11.6 Å². The molecule has 162 valence electrons. The number of benzene rings is 2. The van der Waals surface area contributed by atoms with Crippen molar-refractivity contribution >= 4 is 17.7 Å². The van der Waals surface area contributed by atoms with Gasteiger partial charge >= 0.3 is 0 Å². The Morgan fingerprint density at radius 2 is 1.77 bits per heavy atom. The number of H-pyrrole nitrogens is 1. The van der Waals surface area contributed by atoms with E-state index in [0.29, 0.717) is 37.7 Å². The normalized spacial score (nSPS) is 11.4. The first-order chi connectivity index (χ1) is 15.0. The zero-order valence-electron chi connectivity index (χ0n) is 17.0. The Hall–Kier alpha value is -3.59. The van der Waals surface area contributed by atoms with Gasteiger partial charge in [-0.1, -0.05) is 0 Å². The van der Waals surface area contributed by atoms with Crippen molar-refractivity contribution in [3.05, 3.63) is 71.8 Å². The van der Waals surface area contributed by atoms with Crippen LogP contribution < -0.4 is 10.6 Å². The Morgan fingerprint density at radius 1 is 1.10 bits per heavy atom. The van der Waals surface area contributed by atoms with Gasteiger partial charge in [-0.05, 0) is 61.9 Å². The van der Waals surface area contributed by atoms with Crippen LogP contribution in [-0.2, 0) is 4.74 Å². The number of halogens is 2. The van der Waals surface area contributed by atoms with Gasteiger partial charge in [0.25, 0.3) is 5.91 Å². The molecule has 3 rings (SSSR count). The Balaban J connectivity index is 1.73. The van der Waals surface area contributed by atoms with Gasteiger partial charge in [0.05, 0.1) is 5.69 Å². The molecule has 0 unspecified atom stereocenters. The fourth-order valence-electron chi connectivity index (χ4n) is 2.68. The number of aliphatic imine (C=N–C) groups is 1. The number of nitrogens with zero attached hydrogens (tertiary/aromatic N) is 2. The van der Waals surface area contributed by atoms with Crippen LogP contribution in [0.3, 0.4) is 0 Å². The van der Waals surface area contributed by atoms with Crippen molar-refractivity contribution in [3.63, 3.8) is 0 Å². The third kappa shape index (κ3) is 6.71. The minimum atomic E-state index is -0.530. The molecule has 0 aliphatic rings. The van der Waals surface area contributed by atoms with Crippen LogP contribution in [0.25, 0.3) is 11.3 Å². The predicted molar refractivity (Wildman–Crippen MR) is 115 cm³/mol. The van der Waals surface area contributed by atoms with Crippen LogP contribution >= 0.6 is 0 Å². The highest BCUT2D eigenvalue weighted by Gasteiger charge is 2.10. The average molecular weight is 427 g/mol.